The predicted molar refractivity (Wildman–Crippen MR) is 70.2 cm³/mol. The van der Waals surface area contributed by atoms with Crippen molar-refractivity contribution in [3.8, 4) is 0 Å². The van der Waals surface area contributed by atoms with Crippen molar-refractivity contribution in [1.82, 2.24) is 19.1 Å². The Morgan fingerprint density at radius 1 is 1.43 bits per heavy atom. The second-order valence-corrected chi connectivity index (χ2v) is 4.89. The fourth-order valence-electron chi connectivity index (χ4n) is 2.36. The van der Waals surface area contributed by atoms with Crippen LogP contribution in [0.25, 0.3) is 11.2 Å². The molecule has 10 heteroatoms. The number of aromatic nitrogens is 4. The van der Waals surface area contributed by atoms with Gasteiger partial charge in [0.05, 0.1) is 12.9 Å². The SMILES string of the molecule is Cn1c(N)nc2c(ncn2C2O[C@H](CO)[C@@H](O)[C@H]2O)c1=O. The third-order valence-corrected chi connectivity index (χ3v) is 3.63. The van der Waals surface area contributed by atoms with E-state index in [0.29, 0.717) is 0 Å². The summed E-state index contributed by atoms with van der Waals surface area (Å²) in [6.07, 6.45) is -3.20. The Morgan fingerprint density at radius 3 is 2.76 bits per heavy atom. The lowest BCUT2D eigenvalue weighted by Gasteiger charge is -2.16. The summed E-state index contributed by atoms with van der Waals surface area (Å²) >= 11 is 0. The molecule has 1 aliphatic heterocycles. The normalized spacial score (nSPS) is 29.3. The number of fused-ring (bicyclic) bond motifs is 1. The zero-order valence-electron chi connectivity index (χ0n) is 11.1. The highest BCUT2D eigenvalue weighted by molar-refractivity contribution is 5.71. The number of ether oxygens (including phenoxy) is 1. The van der Waals surface area contributed by atoms with Gasteiger partial charge in [0.2, 0.25) is 5.95 Å². The van der Waals surface area contributed by atoms with Crippen LogP contribution in [0.15, 0.2) is 11.1 Å². The second kappa shape index (κ2) is 4.77. The summed E-state index contributed by atoms with van der Waals surface area (Å²) < 4.78 is 7.85. The maximum absolute atomic E-state index is 12.0. The molecule has 1 saturated heterocycles. The lowest BCUT2D eigenvalue weighted by Crippen LogP contribution is -2.33. The van der Waals surface area contributed by atoms with Gasteiger partial charge in [-0.3, -0.25) is 13.9 Å². The molecule has 2 aromatic heterocycles. The lowest BCUT2D eigenvalue weighted by molar-refractivity contribution is -0.0511. The topological polar surface area (TPSA) is 149 Å². The molecule has 21 heavy (non-hydrogen) atoms. The van der Waals surface area contributed by atoms with Gasteiger partial charge in [-0.25, -0.2) is 4.98 Å². The summed E-state index contributed by atoms with van der Waals surface area (Å²) in [7, 11) is 1.47. The zero-order chi connectivity index (χ0) is 15.3. The quantitative estimate of drug-likeness (QED) is 0.468. The maximum Gasteiger partial charge on any atom is 0.282 e. The van der Waals surface area contributed by atoms with E-state index in [1.54, 1.807) is 0 Å². The van der Waals surface area contributed by atoms with E-state index in [2.05, 4.69) is 9.97 Å². The van der Waals surface area contributed by atoms with Crippen LogP contribution in [0.2, 0.25) is 0 Å². The number of aliphatic hydroxyl groups is 3. The fraction of sp³-hybridized carbons (Fsp3) is 0.545. The van der Waals surface area contributed by atoms with Crippen molar-refractivity contribution in [2.45, 2.75) is 24.5 Å². The largest absolute Gasteiger partial charge is 0.394 e. The smallest absolute Gasteiger partial charge is 0.282 e. The lowest BCUT2D eigenvalue weighted by atomic mass is 10.1. The third kappa shape index (κ3) is 1.92. The first-order valence-electron chi connectivity index (χ1n) is 6.27. The van der Waals surface area contributed by atoms with Gasteiger partial charge in [-0.2, -0.15) is 4.98 Å². The van der Waals surface area contributed by atoms with Gasteiger partial charge in [0.1, 0.15) is 18.3 Å². The molecule has 4 atom stereocenters. The third-order valence-electron chi connectivity index (χ3n) is 3.63. The monoisotopic (exact) mass is 297 g/mol. The van der Waals surface area contributed by atoms with Crippen LogP contribution in [0.1, 0.15) is 6.23 Å². The van der Waals surface area contributed by atoms with Crippen molar-refractivity contribution < 1.29 is 20.1 Å². The molecule has 0 aromatic carbocycles. The first kappa shape index (κ1) is 13.9. The van der Waals surface area contributed by atoms with Gasteiger partial charge in [-0.05, 0) is 0 Å². The van der Waals surface area contributed by atoms with Crippen molar-refractivity contribution >= 4 is 17.1 Å². The number of nitrogens with zero attached hydrogens (tertiary/aromatic N) is 4. The van der Waals surface area contributed by atoms with E-state index in [9.17, 15) is 15.0 Å². The van der Waals surface area contributed by atoms with Gasteiger partial charge in [0, 0.05) is 7.05 Å². The van der Waals surface area contributed by atoms with E-state index in [-0.39, 0.29) is 17.1 Å². The van der Waals surface area contributed by atoms with Gasteiger partial charge in [-0.1, -0.05) is 0 Å². The van der Waals surface area contributed by atoms with E-state index in [0.717, 1.165) is 4.57 Å². The van der Waals surface area contributed by atoms with Crippen molar-refractivity contribution in [2.24, 2.45) is 7.05 Å². The molecule has 0 radical (unpaired) electrons. The Balaban J connectivity index is 2.12. The van der Waals surface area contributed by atoms with Gasteiger partial charge in [-0.15, -0.1) is 0 Å². The molecule has 10 nitrogen and oxygen atoms in total. The minimum Gasteiger partial charge on any atom is -0.394 e. The summed E-state index contributed by atoms with van der Waals surface area (Å²) in [5, 5.41) is 28.9. The molecular weight excluding hydrogens is 282 g/mol. The number of nitrogen functional groups attached to an aromatic ring is 1. The molecule has 5 N–H and O–H groups in total. The summed E-state index contributed by atoms with van der Waals surface area (Å²) in [5.74, 6) is -0.0130. The Kier molecular flexibility index (Phi) is 3.17. The minimum atomic E-state index is -1.29. The van der Waals surface area contributed by atoms with Crippen LogP contribution in [0.5, 0.6) is 0 Å². The van der Waals surface area contributed by atoms with Crippen molar-refractivity contribution in [3.05, 3.63) is 16.7 Å². The van der Waals surface area contributed by atoms with Crippen LogP contribution < -0.4 is 11.3 Å². The molecule has 1 fully saturated rings. The number of anilines is 1. The molecule has 1 aliphatic rings. The van der Waals surface area contributed by atoms with Crippen LogP contribution in [-0.4, -0.2) is 59.3 Å². The molecular formula is C11H15N5O5. The molecule has 0 aliphatic carbocycles. The average molecular weight is 297 g/mol. The maximum atomic E-state index is 12.0. The molecule has 114 valence electrons. The summed E-state index contributed by atoms with van der Waals surface area (Å²) in [6.45, 7) is -0.446. The number of hydrogen-bond donors (Lipinski definition) is 4. The van der Waals surface area contributed by atoms with Crippen LogP contribution in [0.4, 0.5) is 5.95 Å². The first-order valence-corrected chi connectivity index (χ1v) is 6.27. The standard InChI is InChI=1S/C11H15N5O5/c1-15-9(20)5-8(14-11(15)12)16(3-13-5)10-7(19)6(18)4(2-17)21-10/h3-4,6-7,10,17-19H,2H2,1H3,(H2,12,14)/t4-,6-,7-,10?/m1/s1. The van der Waals surface area contributed by atoms with Crippen LogP contribution >= 0.6 is 0 Å². The number of nitrogens with two attached hydrogens (primary N) is 1. The van der Waals surface area contributed by atoms with Crippen molar-refractivity contribution in [1.29, 1.82) is 0 Å². The molecule has 2 aromatic rings. The second-order valence-electron chi connectivity index (χ2n) is 4.89. The first-order chi connectivity index (χ1) is 9.95. The Labute approximate surface area is 118 Å². The summed E-state index contributed by atoms with van der Waals surface area (Å²) in [5.41, 5.74) is 5.44. The van der Waals surface area contributed by atoms with Crippen LogP contribution in [-0.2, 0) is 11.8 Å². The summed E-state index contributed by atoms with van der Waals surface area (Å²) in [6, 6.07) is 0. The van der Waals surface area contributed by atoms with E-state index in [1.807, 2.05) is 0 Å². The molecule has 0 spiro atoms. The van der Waals surface area contributed by atoms with Crippen molar-refractivity contribution in [3.63, 3.8) is 0 Å². The fourth-order valence-corrected chi connectivity index (χ4v) is 2.36. The Morgan fingerprint density at radius 2 is 2.14 bits per heavy atom. The molecule has 0 bridgehead atoms. The van der Waals surface area contributed by atoms with Crippen LogP contribution in [0, 0.1) is 0 Å². The molecule has 0 saturated carbocycles. The zero-order valence-corrected chi connectivity index (χ0v) is 11.1. The average Bonchev–Trinajstić information content (AvgIpc) is 2.99. The molecule has 0 amide bonds. The van der Waals surface area contributed by atoms with E-state index >= 15 is 0 Å². The van der Waals surface area contributed by atoms with Crippen LogP contribution in [0.3, 0.4) is 0 Å². The van der Waals surface area contributed by atoms with E-state index < -0.39 is 36.7 Å². The van der Waals surface area contributed by atoms with E-state index in [4.69, 9.17) is 15.6 Å². The molecule has 3 rings (SSSR count). The Hall–Kier alpha value is -2.01. The highest BCUT2D eigenvalue weighted by Gasteiger charge is 2.44. The highest BCUT2D eigenvalue weighted by Crippen LogP contribution is 2.30. The molecule has 3 heterocycles. The van der Waals surface area contributed by atoms with Gasteiger partial charge in [0.25, 0.3) is 5.56 Å². The van der Waals surface area contributed by atoms with E-state index in [1.165, 1.54) is 17.9 Å². The summed E-state index contributed by atoms with van der Waals surface area (Å²) in [4.78, 5) is 20.0. The van der Waals surface area contributed by atoms with Gasteiger partial charge >= 0.3 is 0 Å². The number of hydrogen-bond acceptors (Lipinski definition) is 8. The number of aliphatic hydroxyl groups excluding tert-OH is 3. The van der Waals surface area contributed by atoms with Gasteiger partial charge < -0.3 is 25.8 Å². The Bertz CT molecular complexity index is 740. The predicted octanol–water partition coefficient (Wildman–Crippen LogP) is -2.68. The highest BCUT2D eigenvalue weighted by atomic mass is 16.6. The number of imidazole rings is 1. The van der Waals surface area contributed by atoms with Gasteiger partial charge in [0.15, 0.2) is 17.4 Å². The number of rotatable bonds is 2. The minimum absolute atomic E-state index is 0.0130. The van der Waals surface area contributed by atoms with Crippen molar-refractivity contribution in [2.75, 3.05) is 12.3 Å². The molecule has 1 unspecified atom stereocenters.